The first-order valence-electron chi connectivity index (χ1n) is 3.20. The first kappa shape index (κ1) is 6.81. The molecule has 0 aromatic carbocycles. The second-order valence-corrected chi connectivity index (χ2v) is 2.26. The molecule has 0 aliphatic carbocycles. The summed E-state index contributed by atoms with van der Waals surface area (Å²) in [6, 6.07) is 3.99. The molecule has 0 spiro atoms. The fourth-order valence-corrected chi connectivity index (χ4v) is 0.730. The van der Waals surface area contributed by atoms with E-state index in [0.717, 1.165) is 0 Å². The van der Waals surface area contributed by atoms with Crippen LogP contribution in [0.4, 0.5) is 0 Å². The molecule has 3 nitrogen and oxygen atoms in total. The van der Waals surface area contributed by atoms with Gasteiger partial charge in [0, 0.05) is 12.4 Å². The van der Waals surface area contributed by atoms with Crippen molar-refractivity contribution in [2.75, 3.05) is 0 Å². The molecule has 1 atom stereocenters. The first-order chi connectivity index (χ1) is 4.83. The van der Waals surface area contributed by atoms with Crippen molar-refractivity contribution in [1.82, 2.24) is 9.78 Å². The number of aromatic nitrogens is 2. The monoisotopic (exact) mass is 135 g/mol. The Hall–Kier alpha value is -1.30. The fourth-order valence-electron chi connectivity index (χ4n) is 0.730. The molecule has 1 heterocycles. The Morgan fingerprint density at radius 2 is 2.60 bits per heavy atom. The summed E-state index contributed by atoms with van der Waals surface area (Å²) in [5.41, 5.74) is 0. The molecule has 52 valence electrons. The van der Waals surface area contributed by atoms with Crippen LogP contribution in [0.15, 0.2) is 18.5 Å². The molecule has 0 N–H and O–H groups in total. The van der Waals surface area contributed by atoms with E-state index in [4.69, 9.17) is 5.26 Å². The Balaban J connectivity index is 2.50. The van der Waals surface area contributed by atoms with E-state index in [1.54, 1.807) is 10.9 Å². The molecule has 0 saturated carbocycles. The molecule has 1 aromatic heterocycles. The Morgan fingerprint density at radius 1 is 1.80 bits per heavy atom. The third-order valence-electron chi connectivity index (χ3n) is 1.24. The van der Waals surface area contributed by atoms with Crippen LogP contribution in [0, 0.1) is 17.2 Å². The molecule has 0 amide bonds. The summed E-state index contributed by atoms with van der Waals surface area (Å²) in [6.45, 7) is 2.56. The van der Waals surface area contributed by atoms with Crippen LogP contribution in [-0.4, -0.2) is 9.78 Å². The predicted octanol–water partition coefficient (Wildman–Crippen LogP) is 1.04. The summed E-state index contributed by atoms with van der Waals surface area (Å²) < 4.78 is 1.76. The highest BCUT2D eigenvalue weighted by Crippen LogP contribution is 1.95. The van der Waals surface area contributed by atoms with Crippen molar-refractivity contribution in [2.45, 2.75) is 13.5 Å². The van der Waals surface area contributed by atoms with Crippen LogP contribution in [0.5, 0.6) is 0 Å². The van der Waals surface area contributed by atoms with Gasteiger partial charge in [-0.05, 0) is 13.0 Å². The lowest BCUT2D eigenvalue weighted by molar-refractivity contribution is 0.528. The molecule has 0 saturated heterocycles. The van der Waals surface area contributed by atoms with Gasteiger partial charge in [-0.25, -0.2) is 0 Å². The highest BCUT2D eigenvalue weighted by Gasteiger charge is 1.98. The van der Waals surface area contributed by atoms with E-state index in [1.165, 1.54) is 0 Å². The van der Waals surface area contributed by atoms with Gasteiger partial charge in [0.15, 0.2) is 0 Å². The van der Waals surface area contributed by atoms with Gasteiger partial charge in [0.2, 0.25) is 0 Å². The van der Waals surface area contributed by atoms with E-state index in [9.17, 15) is 0 Å². The lowest BCUT2D eigenvalue weighted by Gasteiger charge is -2.00. The van der Waals surface area contributed by atoms with Crippen molar-refractivity contribution in [3.8, 4) is 6.07 Å². The van der Waals surface area contributed by atoms with Gasteiger partial charge in [-0.3, -0.25) is 4.68 Å². The smallest absolute Gasteiger partial charge is 0.0672 e. The van der Waals surface area contributed by atoms with Gasteiger partial charge in [-0.2, -0.15) is 10.4 Å². The minimum Gasteiger partial charge on any atom is -0.271 e. The van der Waals surface area contributed by atoms with Crippen LogP contribution < -0.4 is 0 Å². The summed E-state index contributed by atoms with van der Waals surface area (Å²) >= 11 is 0. The van der Waals surface area contributed by atoms with E-state index in [0.29, 0.717) is 6.54 Å². The highest BCUT2D eigenvalue weighted by atomic mass is 15.3. The quantitative estimate of drug-likeness (QED) is 0.608. The number of hydrogen-bond donors (Lipinski definition) is 0. The van der Waals surface area contributed by atoms with Crippen molar-refractivity contribution in [1.29, 1.82) is 5.26 Å². The van der Waals surface area contributed by atoms with E-state index in [1.807, 2.05) is 19.2 Å². The van der Waals surface area contributed by atoms with Crippen LogP contribution in [0.25, 0.3) is 0 Å². The Bertz CT molecular complexity index is 219. The number of nitriles is 1. The third kappa shape index (κ3) is 1.59. The summed E-state index contributed by atoms with van der Waals surface area (Å²) in [5.74, 6) is 0.0416. The molecule has 1 rings (SSSR count). The molecule has 0 bridgehead atoms. The maximum Gasteiger partial charge on any atom is 0.0672 e. The summed E-state index contributed by atoms with van der Waals surface area (Å²) in [6.07, 6.45) is 3.57. The Morgan fingerprint density at radius 3 is 3.10 bits per heavy atom. The molecule has 0 aliphatic heterocycles. The molecule has 0 aliphatic rings. The molecular weight excluding hydrogens is 126 g/mol. The van der Waals surface area contributed by atoms with E-state index < -0.39 is 0 Å². The minimum absolute atomic E-state index is 0.0416. The first-order valence-corrected chi connectivity index (χ1v) is 3.20. The topological polar surface area (TPSA) is 41.6 Å². The maximum absolute atomic E-state index is 8.44. The summed E-state index contributed by atoms with van der Waals surface area (Å²) in [7, 11) is 0. The van der Waals surface area contributed by atoms with E-state index in [-0.39, 0.29) is 5.92 Å². The molecule has 10 heavy (non-hydrogen) atoms. The van der Waals surface area contributed by atoms with Crippen molar-refractivity contribution < 1.29 is 0 Å². The van der Waals surface area contributed by atoms with Crippen LogP contribution in [0.2, 0.25) is 0 Å². The second kappa shape index (κ2) is 3.02. The van der Waals surface area contributed by atoms with Crippen molar-refractivity contribution in [3.05, 3.63) is 18.5 Å². The van der Waals surface area contributed by atoms with Crippen LogP contribution in [0.1, 0.15) is 6.92 Å². The number of nitrogens with zero attached hydrogens (tertiary/aromatic N) is 3. The molecule has 0 unspecified atom stereocenters. The van der Waals surface area contributed by atoms with Gasteiger partial charge in [-0.1, -0.05) is 0 Å². The predicted molar refractivity (Wildman–Crippen MR) is 37.0 cm³/mol. The molecule has 0 radical (unpaired) electrons. The van der Waals surface area contributed by atoms with Gasteiger partial charge in [-0.15, -0.1) is 0 Å². The average Bonchev–Trinajstić information content (AvgIpc) is 2.40. The van der Waals surface area contributed by atoms with Crippen LogP contribution in [0.3, 0.4) is 0 Å². The highest BCUT2D eigenvalue weighted by molar-refractivity contribution is 4.83. The zero-order valence-electron chi connectivity index (χ0n) is 5.86. The van der Waals surface area contributed by atoms with Crippen LogP contribution in [-0.2, 0) is 6.54 Å². The average molecular weight is 135 g/mol. The third-order valence-corrected chi connectivity index (χ3v) is 1.24. The molecule has 3 heteroatoms. The minimum atomic E-state index is 0.0416. The number of rotatable bonds is 2. The van der Waals surface area contributed by atoms with Gasteiger partial charge in [0.05, 0.1) is 18.5 Å². The van der Waals surface area contributed by atoms with Crippen molar-refractivity contribution in [3.63, 3.8) is 0 Å². The van der Waals surface area contributed by atoms with Crippen LogP contribution >= 0.6 is 0 Å². The van der Waals surface area contributed by atoms with E-state index >= 15 is 0 Å². The van der Waals surface area contributed by atoms with E-state index in [2.05, 4.69) is 11.2 Å². The van der Waals surface area contributed by atoms with Gasteiger partial charge < -0.3 is 0 Å². The standard InChI is InChI=1S/C7H9N3/c1-7(5-8)6-10-4-2-3-9-10/h2-4,7H,6H2,1H3/t7-/m1/s1. The zero-order chi connectivity index (χ0) is 7.40. The summed E-state index contributed by atoms with van der Waals surface area (Å²) in [5, 5.41) is 12.4. The fraction of sp³-hybridized carbons (Fsp3) is 0.429. The molecular formula is C7H9N3. The normalized spacial score (nSPS) is 12.4. The lowest BCUT2D eigenvalue weighted by Crippen LogP contribution is -2.05. The second-order valence-electron chi connectivity index (χ2n) is 2.26. The Kier molecular flexibility index (Phi) is 2.06. The summed E-state index contributed by atoms with van der Waals surface area (Å²) in [4.78, 5) is 0. The van der Waals surface area contributed by atoms with Gasteiger partial charge in [0.25, 0.3) is 0 Å². The Labute approximate surface area is 59.9 Å². The lowest BCUT2D eigenvalue weighted by atomic mass is 10.2. The SMILES string of the molecule is C[C@H](C#N)Cn1cccn1. The molecule has 1 aromatic rings. The molecule has 0 fully saturated rings. The number of hydrogen-bond acceptors (Lipinski definition) is 2. The van der Waals surface area contributed by atoms with Crippen molar-refractivity contribution in [2.24, 2.45) is 5.92 Å². The maximum atomic E-state index is 8.44. The largest absolute Gasteiger partial charge is 0.271 e. The van der Waals surface area contributed by atoms with Crippen molar-refractivity contribution >= 4 is 0 Å². The van der Waals surface area contributed by atoms with Gasteiger partial charge >= 0.3 is 0 Å². The zero-order valence-corrected chi connectivity index (χ0v) is 5.86. The van der Waals surface area contributed by atoms with Gasteiger partial charge in [0.1, 0.15) is 0 Å².